The predicted molar refractivity (Wildman–Crippen MR) is 103 cm³/mol. The van der Waals surface area contributed by atoms with Gasteiger partial charge < -0.3 is 9.32 Å². The van der Waals surface area contributed by atoms with E-state index in [1.807, 2.05) is 12.1 Å². The normalized spacial score (nSPS) is 16.6. The summed E-state index contributed by atoms with van der Waals surface area (Å²) in [7, 11) is 0. The van der Waals surface area contributed by atoms with E-state index in [1.165, 1.54) is 11.3 Å². The Bertz CT molecular complexity index is 836. The van der Waals surface area contributed by atoms with Crippen molar-refractivity contribution in [3.8, 4) is 11.5 Å². The van der Waals surface area contributed by atoms with E-state index < -0.39 is 0 Å². The minimum Gasteiger partial charge on any atom is -0.419 e. The number of hydrogen-bond acceptors (Lipinski definition) is 5. The highest BCUT2D eigenvalue weighted by Crippen LogP contribution is 2.26. The molecule has 0 spiro atoms. The van der Waals surface area contributed by atoms with Crippen molar-refractivity contribution in [3.05, 3.63) is 66.1 Å². The highest BCUT2D eigenvalue weighted by molar-refractivity contribution is 5.52. The second-order valence-electron chi connectivity index (χ2n) is 6.85. The quantitative estimate of drug-likeness (QED) is 0.715. The summed E-state index contributed by atoms with van der Waals surface area (Å²) in [5.41, 5.74) is 3.48. The Morgan fingerprint density at radius 3 is 2.27 bits per heavy atom. The summed E-state index contributed by atoms with van der Waals surface area (Å²) in [4.78, 5) is 4.83. The fourth-order valence-corrected chi connectivity index (χ4v) is 3.38. The summed E-state index contributed by atoms with van der Waals surface area (Å²) in [6.45, 7) is 8.20. The molecule has 1 aliphatic rings. The maximum atomic E-state index is 5.96. The molecule has 1 atom stereocenters. The van der Waals surface area contributed by atoms with Crippen molar-refractivity contribution in [1.82, 2.24) is 15.1 Å². The van der Waals surface area contributed by atoms with Crippen LogP contribution in [0, 0.1) is 6.92 Å². The number of anilines is 1. The maximum absolute atomic E-state index is 5.96. The number of hydrogen-bond donors (Lipinski definition) is 0. The highest BCUT2D eigenvalue weighted by Gasteiger charge is 2.25. The largest absolute Gasteiger partial charge is 0.419 e. The molecule has 1 fully saturated rings. The summed E-state index contributed by atoms with van der Waals surface area (Å²) >= 11 is 0. The summed E-state index contributed by atoms with van der Waals surface area (Å²) in [5.74, 6) is 1.28. The van der Waals surface area contributed by atoms with Crippen LogP contribution in [0.2, 0.25) is 0 Å². The van der Waals surface area contributed by atoms with E-state index in [-0.39, 0.29) is 6.04 Å². The van der Waals surface area contributed by atoms with E-state index in [4.69, 9.17) is 4.42 Å². The van der Waals surface area contributed by atoms with Crippen LogP contribution < -0.4 is 4.90 Å². The Hall–Kier alpha value is -2.66. The van der Waals surface area contributed by atoms with Gasteiger partial charge in [-0.25, -0.2) is 0 Å². The Balaban J connectivity index is 1.41. The Kier molecular flexibility index (Phi) is 4.71. The molecule has 26 heavy (non-hydrogen) atoms. The minimum atomic E-state index is 0.125. The average molecular weight is 348 g/mol. The first kappa shape index (κ1) is 16.8. The highest BCUT2D eigenvalue weighted by atomic mass is 16.4. The van der Waals surface area contributed by atoms with Crippen molar-refractivity contribution in [2.24, 2.45) is 0 Å². The molecule has 0 aliphatic carbocycles. The van der Waals surface area contributed by atoms with Gasteiger partial charge in [0.1, 0.15) is 0 Å². The van der Waals surface area contributed by atoms with Gasteiger partial charge in [0.25, 0.3) is 0 Å². The first-order valence-corrected chi connectivity index (χ1v) is 9.15. The Morgan fingerprint density at radius 2 is 1.58 bits per heavy atom. The molecule has 0 bridgehead atoms. The van der Waals surface area contributed by atoms with Crippen LogP contribution in [-0.4, -0.2) is 41.3 Å². The van der Waals surface area contributed by atoms with Gasteiger partial charge in [-0.2, -0.15) is 0 Å². The van der Waals surface area contributed by atoms with Crippen LogP contribution in [0.25, 0.3) is 11.5 Å². The number of para-hydroxylation sites is 1. The van der Waals surface area contributed by atoms with Crippen LogP contribution in [0.3, 0.4) is 0 Å². The molecule has 1 aliphatic heterocycles. The van der Waals surface area contributed by atoms with Crippen molar-refractivity contribution < 1.29 is 4.42 Å². The van der Waals surface area contributed by atoms with E-state index in [9.17, 15) is 0 Å². The van der Waals surface area contributed by atoms with Gasteiger partial charge in [0.05, 0.1) is 6.04 Å². The number of rotatable bonds is 4. The van der Waals surface area contributed by atoms with Gasteiger partial charge in [-0.05, 0) is 38.1 Å². The van der Waals surface area contributed by atoms with Gasteiger partial charge in [0, 0.05) is 37.4 Å². The van der Waals surface area contributed by atoms with Gasteiger partial charge in [-0.3, -0.25) is 4.90 Å². The molecule has 5 heteroatoms. The molecule has 1 saturated heterocycles. The molecule has 2 aromatic carbocycles. The number of benzene rings is 2. The molecule has 1 unspecified atom stereocenters. The number of aromatic nitrogens is 2. The van der Waals surface area contributed by atoms with Crippen molar-refractivity contribution in [2.75, 3.05) is 31.1 Å². The summed E-state index contributed by atoms with van der Waals surface area (Å²) < 4.78 is 5.96. The van der Waals surface area contributed by atoms with Crippen LogP contribution in [0.4, 0.5) is 5.69 Å². The van der Waals surface area contributed by atoms with Crippen molar-refractivity contribution in [2.45, 2.75) is 19.9 Å². The van der Waals surface area contributed by atoms with E-state index in [2.05, 4.69) is 76.3 Å². The van der Waals surface area contributed by atoms with Crippen LogP contribution in [0.15, 0.2) is 59.0 Å². The molecule has 2 heterocycles. The molecular weight excluding hydrogens is 324 g/mol. The predicted octanol–water partition coefficient (Wildman–Crippen LogP) is 3.93. The third kappa shape index (κ3) is 3.48. The zero-order chi connectivity index (χ0) is 17.9. The summed E-state index contributed by atoms with van der Waals surface area (Å²) in [6, 6.07) is 18.9. The van der Waals surface area contributed by atoms with E-state index in [0.29, 0.717) is 11.8 Å². The molecular formula is C21H24N4O. The molecule has 134 valence electrons. The van der Waals surface area contributed by atoms with Gasteiger partial charge in [0.15, 0.2) is 0 Å². The number of piperazine rings is 1. The van der Waals surface area contributed by atoms with Crippen LogP contribution >= 0.6 is 0 Å². The zero-order valence-electron chi connectivity index (χ0n) is 15.3. The smallest absolute Gasteiger partial charge is 0.247 e. The van der Waals surface area contributed by atoms with Crippen molar-refractivity contribution >= 4 is 5.69 Å². The van der Waals surface area contributed by atoms with Gasteiger partial charge >= 0.3 is 0 Å². The van der Waals surface area contributed by atoms with Crippen LogP contribution in [-0.2, 0) is 0 Å². The zero-order valence-corrected chi connectivity index (χ0v) is 15.3. The van der Waals surface area contributed by atoms with Crippen molar-refractivity contribution in [3.63, 3.8) is 0 Å². The molecule has 0 saturated carbocycles. The summed E-state index contributed by atoms with van der Waals surface area (Å²) in [5, 5.41) is 8.54. The van der Waals surface area contributed by atoms with Gasteiger partial charge in [-0.15, -0.1) is 10.2 Å². The standard InChI is InChI=1S/C21H24N4O/c1-16-8-10-18(11-9-16)21-23-22-20(26-21)17(2)24-12-14-25(15-13-24)19-6-4-3-5-7-19/h3-11,17H,12-15H2,1-2H3. The number of aryl methyl sites for hydroxylation is 1. The molecule has 0 N–H and O–H groups in total. The Labute approximate surface area is 154 Å². The molecule has 4 rings (SSSR count). The molecule has 5 nitrogen and oxygen atoms in total. The van der Waals surface area contributed by atoms with Crippen LogP contribution in [0.1, 0.15) is 24.4 Å². The fraction of sp³-hybridized carbons (Fsp3) is 0.333. The van der Waals surface area contributed by atoms with E-state index in [0.717, 1.165) is 31.7 Å². The third-order valence-corrected chi connectivity index (χ3v) is 5.08. The fourth-order valence-electron chi connectivity index (χ4n) is 3.38. The second-order valence-corrected chi connectivity index (χ2v) is 6.85. The molecule has 0 amide bonds. The first-order valence-electron chi connectivity index (χ1n) is 9.15. The lowest BCUT2D eigenvalue weighted by Gasteiger charge is -2.38. The SMILES string of the molecule is Cc1ccc(-c2nnc(C(C)N3CCN(c4ccccc4)CC3)o2)cc1. The van der Waals surface area contributed by atoms with Crippen molar-refractivity contribution in [1.29, 1.82) is 0 Å². The van der Waals surface area contributed by atoms with E-state index in [1.54, 1.807) is 0 Å². The molecule has 0 radical (unpaired) electrons. The molecule has 3 aromatic rings. The first-order chi connectivity index (χ1) is 12.7. The third-order valence-electron chi connectivity index (χ3n) is 5.08. The monoisotopic (exact) mass is 348 g/mol. The van der Waals surface area contributed by atoms with E-state index >= 15 is 0 Å². The van der Waals surface area contributed by atoms with Gasteiger partial charge in [-0.1, -0.05) is 35.9 Å². The lowest BCUT2D eigenvalue weighted by atomic mass is 10.1. The van der Waals surface area contributed by atoms with Crippen LogP contribution in [0.5, 0.6) is 0 Å². The summed E-state index contributed by atoms with van der Waals surface area (Å²) in [6.07, 6.45) is 0. The minimum absolute atomic E-state index is 0.125. The topological polar surface area (TPSA) is 45.4 Å². The number of nitrogens with zero attached hydrogens (tertiary/aromatic N) is 4. The van der Waals surface area contributed by atoms with Gasteiger partial charge in [0.2, 0.25) is 11.8 Å². The average Bonchev–Trinajstić information content (AvgIpc) is 3.19. The Morgan fingerprint density at radius 1 is 0.885 bits per heavy atom. The lowest BCUT2D eigenvalue weighted by Crippen LogP contribution is -2.47. The maximum Gasteiger partial charge on any atom is 0.247 e. The molecule has 1 aromatic heterocycles. The second kappa shape index (κ2) is 7.30. The lowest BCUT2D eigenvalue weighted by molar-refractivity contribution is 0.174.